The molecule has 112 valence electrons. The van der Waals surface area contributed by atoms with Gasteiger partial charge in [0.25, 0.3) is 0 Å². The van der Waals surface area contributed by atoms with Crippen molar-refractivity contribution in [1.29, 1.82) is 0 Å². The first-order chi connectivity index (χ1) is 10.1. The van der Waals surface area contributed by atoms with Gasteiger partial charge in [0.05, 0.1) is 5.41 Å². The Morgan fingerprint density at radius 1 is 1.48 bits per heavy atom. The van der Waals surface area contributed by atoms with Crippen LogP contribution in [0, 0.1) is 5.82 Å². The van der Waals surface area contributed by atoms with Gasteiger partial charge in [-0.05, 0) is 37.6 Å². The molecule has 2 heterocycles. The molecule has 21 heavy (non-hydrogen) atoms. The van der Waals surface area contributed by atoms with Crippen LogP contribution in [0.5, 0.6) is 0 Å². The average molecular weight is 354 g/mol. The molecule has 1 aromatic carbocycles. The Morgan fingerprint density at radius 3 is 3.05 bits per heavy atom. The summed E-state index contributed by atoms with van der Waals surface area (Å²) < 4.78 is 19.7. The Morgan fingerprint density at radius 2 is 2.33 bits per heavy atom. The summed E-state index contributed by atoms with van der Waals surface area (Å²) in [5.74, 6) is 0.768. The van der Waals surface area contributed by atoms with Gasteiger partial charge in [0.15, 0.2) is 0 Å². The Bertz CT molecular complexity index is 638. The SMILES string of the molecule is CCCC1(c2nc(-c3cc(F)ccc3Br)no2)CCNC1. The smallest absolute Gasteiger partial charge is 0.234 e. The minimum Gasteiger partial charge on any atom is -0.338 e. The molecule has 1 N–H and O–H groups in total. The molecule has 4 nitrogen and oxygen atoms in total. The third-order valence-corrected chi connectivity index (χ3v) is 4.71. The first-order valence-electron chi connectivity index (χ1n) is 7.15. The molecular formula is C15H17BrFN3O. The summed E-state index contributed by atoms with van der Waals surface area (Å²) >= 11 is 3.40. The number of benzene rings is 1. The number of nitrogens with zero attached hydrogens (tertiary/aromatic N) is 2. The highest BCUT2D eigenvalue weighted by atomic mass is 79.9. The van der Waals surface area contributed by atoms with Gasteiger partial charge in [0.1, 0.15) is 5.82 Å². The average Bonchev–Trinajstić information content (AvgIpc) is 3.11. The lowest BCUT2D eigenvalue weighted by molar-refractivity contribution is 0.277. The van der Waals surface area contributed by atoms with Gasteiger partial charge in [0, 0.05) is 16.6 Å². The molecular weight excluding hydrogens is 337 g/mol. The predicted molar refractivity (Wildman–Crippen MR) is 81.5 cm³/mol. The summed E-state index contributed by atoms with van der Waals surface area (Å²) in [7, 11) is 0. The van der Waals surface area contributed by atoms with E-state index in [-0.39, 0.29) is 11.2 Å². The van der Waals surface area contributed by atoms with E-state index in [4.69, 9.17) is 4.52 Å². The second kappa shape index (κ2) is 5.85. The molecule has 0 aliphatic carbocycles. The van der Waals surface area contributed by atoms with E-state index in [1.807, 2.05) is 0 Å². The number of aromatic nitrogens is 2. The highest BCUT2D eigenvalue weighted by Crippen LogP contribution is 2.36. The number of rotatable bonds is 4. The quantitative estimate of drug-likeness (QED) is 0.910. The summed E-state index contributed by atoms with van der Waals surface area (Å²) in [6.07, 6.45) is 3.06. The Hall–Kier alpha value is -1.27. The molecule has 1 unspecified atom stereocenters. The van der Waals surface area contributed by atoms with Crippen molar-refractivity contribution in [2.45, 2.75) is 31.6 Å². The molecule has 3 rings (SSSR count). The minimum atomic E-state index is -0.314. The lowest BCUT2D eigenvalue weighted by Gasteiger charge is -2.22. The highest BCUT2D eigenvalue weighted by molar-refractivity contribution is 9.10. The van der Waals surface area contributed by atoms with Crippen molar-refractivity contribution in [1.82, 2.24) is 15.5 Å². The van der Waals surface area contributed by atoms with E-state index >= 15 is 0 Å². The molecule has 1 aliphatic rings. The fourth-order valence-electron chi connectivity index (χ4n) is 2.94. The van der Waals surface area contributed by atoms with Crippen molar-refractivity contribution in [3.63, 3.8) is 0 Å². The van der Waals surface area contributed by atoms with E-state index in [0.717, 1.165) is 36.8 Å². The van der Waals surface area contributed by atoms with Crippen molar-refractivity contribution < 1.29 is 8.91 Å². The Labute approximate surface area is 131 Å². The molecule has 1 saturated heterocycles. The van der Waals surface area contributed by atoms with Crippen LogP contribution >= 0.6 is 15.9 Å². The largest absolute Gasteiger partial charge is 0.338 e. The maximum atomic E-state index is 13.4. The molecule has 0 spiro atoms. The van der Waals surface area contributed by atoms with Gasteiger partial charge in [0.2, 0.25) is 11.7 Å². The second-order valence-corrected chi connectivity index (χ2v) is 6.36. The van der Waals surface area contributed by atoms with Crippen LogP contribution in [-0.2, 0) is 5.41 Å². The zero-order valence-corrected chi connectivity index (χ0v) is 13.4. The lowest BCUT2D eigenvalue weighted by atomic mass is 9.82. The molecule has 6 heteroatoms. The third kappa shape index (κ3) is 2.74. The van der Waals surface area contributed by atoms with Crippen molar-refractivity contribution in [3.8, 4) is 11.4 Å². The van der Waals surface area contributed by atoms with Gasteiger partial charge in [-0.25, -0.2) is 4.39 Å². The molecule has 0 saturated carbocycles. The standard InChI is InChI=1S/C15H17BrFN3O/c1-2-5-15(6-7-18-9-15)14-19-13(20-21-14)11-8-10(17)3-4-12(11)16/h3-4,8,18H,2,5-7,9H2,1H3. The molecule has 0 bridgehead atoms. The summed E-state index contributed by atoms with van der Waals surface area (Å²) in [4.78, 5) is 4.54. The van der Waals surface area contributed by atoms with Gasteiger partial charge in [-0.15, -0.1) is 0 Å². The molecule has 0 amide bonds. The fourth-order valence-corrected chi connectivity index (χ4v) is 3.37. The van der Waals surface area contributed by atoms with Crippen LogP contribution in [0.15, 0.2) is 27.2 Å². The maximum absolute atomic E-state index is 13.4. The summed E-state index contributed by atoms with van der Waals surface area (Å²) in [6.45, 7) is 3.97. The first kappa shape index (κ1) is 14.7. The second-order valence-electron chi connectivity index (χ2n) is 5.50. The van der Waals surface area contributed by atoms with Crippen LogP contribution in [-0.4, -0.2) is 23.2 Å². The summed E-state index contributed by atoms with van der Waals surface area (Å²) in [6, 6.07) is 4.46. The van der Waals surface area contributed by atoms with E-state index in [1.165, 1.54) is 12.1 Å². The molecule has 1 fully saturated rings. The van der Waals surface area contributed by atoms with Crippen molar-refractivity contribution in [2.75, 3.05) is 13.1 Å². The molecule has 0 radical (unpaired) electrons. The van der Waals surface area contributed by atoms with Gasteiger partial charge < -0.3 is 9.84 Å². The number of hydrogen-bond acceptors (Lipinski definition) is 4. The normalized spacial score (nSPS) is 21.9. The number of nitrogens with one attached hydrogen (secondary N) is 1. The Balaban J connectivity index is 1.97. The topological polar surface area (TPSA) is 51.0 Å². The summed E-state index contributed by atoms with van der Waals surface area (Å²) in [5, 5.41) is 7.42. The number of hydrogen-bond donors (Lipinski definition) is 1. The van der Waals surface area contributed by atoms with E-state index < -0.39 is 0 Å². The van der Waals surface area contributed by atoms with Crippen molar-refractivity contribution in [3.05, 3.63) is 34.4 Å². The van der Waals surface area contributed by atoms with Crippen LogP contribution in [0.2, 0.25) is 0 Å². The zero-order chi connectivity index (χ0) is 14.9. The minimum absolute atomic E-state index is 0.0835. The molecule has 2 aromatic rings. The van der Waals surface area contributed by atoms with Gasteiger partial charge in [-0.3, -0.25) is 0 Å². The number of halogens is 2. The van der Waals surface area contributed by atoms with Crippen molar-refractivity contribution >= 4 is 15.9 Å². The van der Waals surface area contributed by atoms with E-state index in [1.54, 1.807) is 6.07 Å². The van der Waals surface area contributed by atoms with Crippen LogP contribution in [0.1, 0.15) is 32.1 Å². The van der Waals surface area contributed by atoms with Crippen LogP contribution in [0.25, 0.3) is 11.4 Å². The zero-order valence-electron chi connectivity index (χ0n) is 11.8. The van der Waals surface area contributed by atoms with E-state index in [9.17, 15) is 4.39 Å². The highest BCUT2D eigenvalue weighted by Gasteiger charge is 2.40. The van der Waals surface area contributed by atoms with Gasteiger partial charge in [-0.1, -0.05) is 34.4 Å². The maximum Gasteiger partial charge on any atom is 0.234 e. The monoisotopic (exact) mass is 353 g/mol. The fraction of sp³-hybridized carbons (Fsp3) is 0.467. The molecule has 1 aromatic heterocycles. The van der Waals surface area contributed by atoms with Gasteiger partial charge >= 0.3 is 0 Å². The lowest BCUT2D eigenvalue weighted by Crippen LogP contribution is -2.29. The van der Waals surface area contributed by atoms with Crippen LogP contribution in [0.3, 0.4) is 0 Å². The Kier molecular flexibility index (Phi) is 4.08. The first-order valence-corrected chi connectivity index (χ1v) is 7.94. The summed E-state index contributed by atoms with van der Waals surface area (Å²) in [5.41, 5.74) is 0.530. The van der Waals surface area contributed by atoms with Gasteiger partial charge in [-0.2, -0.15) is 4.98 Å². The van der Waals surface area contributed by atoms with Crippen LogP contribution in [0.4, 0.5) is 4.39 Å². The molecule has 1 aliphatic heterocycles. The van der Waals surface area contributed by atoms with E-state index in [0.29, 0.717) is 17.3 Å². The third-order valence-electron chi connectivity index (χ3n) is 4.02. The molecule has 1 atom stereocenters. The van der Waals surface area contributed by atoms with Crippen LogP contribution < -0.4 is 5.32 Å². The predicted octanol–water partition coefficient (Wildman–Crippen LogP) is 3.67. The van der Waals surface area contributed by atoms with E-state index in [2.05, 4.69) is 38.3 Å². The van der Waals surface area contributed by atoms with Crippen molar-refractivity contribution in [2.24, 2.45) is 0 Å².